The first-order chi connectivity index (χ1) is 20.6. The van der Waals surface area contributed by atoms with Crippen LogP contribution in [-0.4, -0.2) is 38.8 Å². The minimum absolute atomic E-state index is 0.195. The third-order valence-electron chi connectivity index (χ3n) is 8.68. The second kappa shape index (κ2) is 11.7. The summed E-state index contributed by atoms with van der Waals surface area (Å²) in [6.45, 7) is 10.8. The van der Waals surface area contributed by atoms with Crippen LogP contribution in [0.4, 0.5) is 11.4 Å². The van der Waals surface area contributed by atoms with Gasteiger partial charge in [-0.3, -0.25) is 4.98 Å². The SMILES string of the molecule is Cc1cc([C@H]2[C@H](c3ccccn3)NC(=S)N2c2ccc(N3C[C@H](C)C[C@H](C)C3)c(Cl)c2)c(C)n1-c1ccc(C(=O)O)cc1. The number of hydrogen-bond acceptors (Lipinski definition) is 4. The summed E-state index contributed by atoms with van der Waals surface area (Å²) in [7, 11) is 0. The van der Waals surface area contributed by atoms with E-state index in [1.54, 1.807) is 18.3 Å². The van der Waals surface area contributed by atoms with Gasteiger partial charge in [-0.25, -0.2) is 4.79 Å². The number of aromatic carboxylic acids is 1. The minimum Gasteiger partial charge on any atom is -0.478 e. The van der Waals surface area contributed by atoms with E-state index in [-0.39, 0.29) is 17.6 Å². The highest BCUT2D eigenvalue weighted by Gasteiger charge is 2.42. The van der Waals surface area contributed by atoms with Crippen molar-refractivity contribution in [1.82, 2.24) is 14.9 Å². The zero-order chi connectivity index (χ0) is 30.4. The predicted octanol–water partition coefficient (Wildman–Crippen LogP) is 7.50. The molecule has 4 heterocycles. The van der Waals surface area contributed by atoms with Crippen molar-refractivity contribution >= 4 is 46.3 Å². The first-order valence-electron chi connectivity index (χ1n) is 14.7. The van der Waals surface area contributed by atoms with Gasteiger partial charge in [-0.05, 0) is 111 Å². The molecule has 0 bridgehead atoms. The average molecular weight is 614 g/mol. The van der Waals surface area contributed by atoms with E-state index in [1.165, 1.54) is 6.42 Å². The highest BCUT2D eigenvalue weighted by atomic mass is 35.5. The standard InChI is InChI=1S/C34H36ClN5O2S/c1-20-15-21(2)19-38(18-20)30-13-12-26(17-28(30)35)40-32(31(37-34(40)43)29-7-5-6-14-36-29)27-16-22(3)39(23(27)4)25-10-8-24(9-11-25)33(41)42/h5-14,16-17,20-21,31-32H,15,18-19H2,1-4H3,(H,37,43)(H,41,42)/t20-,21+,31-,32-/m0/s1. The minimum atomic E-state index is -0.943. The number of halogens is 1. The van der Waals surface area contributed by atoms with Crippen LogP contribution in [0.2, 0.25) is 5.02 Å². The first kappa shape index (κ1) is 29.2. The second-order valence-corrected chi connectivity index (χ2v) is 12.8. The monoisotopic (exact) mass is 613 g/mol. The van der Waals surface area contributed by atoms with Crippen molar-refractivity contribution in [3.63, 3.8) is 0 Å². The van der Waals surface area contributed by atoms with Crippen LogP contribution >= 0.6 is 23.8 Å². The lowest BCUT2D eigenvalue weighted by Crippen LogP contribution is -2.38. The lowest BCUT2D eigenvalue weighted by molar-refractivity contribution is 0.0697. The molecular formula is C34H36ClN5O2S. The smallest absolute Gasteiger partial charge is 0.335 e. The summed E-state index contributed by atoms with van der Waals surface area (Å²) >= 11 is 13.0. The molecule has 4 aromatic rings. The van der Waals surface area contributed by atoms with Gasteiger partial charge in [-0.1, -0.05) is 31.5 Å². The number of carbonyl (C=O) groups is 1. The van der Waals surface area contributed by atoms with Crippen LogP contribution in [0.5, 0.6) is 0 Å². The van der Waals surface area contributed by atoms with Gasteiger partial charge in [0.25, 0.3) is 0 Å². The number of pyridine rings is 1. The van der Waals surface area contributed by atoms with E-state index < -0.39 is 5.97 Å². The summed E-state index contributed by atoms with van der Waals surface area (Å²) in [5.41, 5.74) is 7.21. The molecule has 2 fully saturated rings. The van der Waals surface area contributed by atoms with Gasteiger partial charge in [0, 0.05) is 42.0 Å². The number of thiocarbonyl (C=S) groups is 1. The molecule has 2 aliphatic heterocycles. The normalized spacial score (nSPS) is 22.1. The van der Waals surface area contributed by atoms with Crippen molar-refractivity contribution < 1.29 is 9.90 Å². The molecule has 7 nitrogen and oxygen atoms in total. The number of nitrogens with zero attached hydrogens (tertiary/aromatic N) is 4. The van der Waals surface area contributed by atoms with Crippen LogP contribution in [0.3, 0.4) is 0 Å². The van der Waals surface area contributed by atoms with Crippen molar-refractivity contribution in [3.8, 4) is 5.69 Å². The molecular weight excluding hydrogens is 578 g/mol. The average Bonchev–Trinajstić information content (AvgIpc) is 3.47. The quantitative estimate of drug-likeness (QED) is 0.218. The van der Waals surface area contributed by atoms with Gasteiger partial charge in [0.05, 0.1) is 34.1 Å². The molecule has 9 heteroatoms. The number of rotatable bonds is 6. The lowest BCUT2D eigenvalue weighted by Gasteiger charge is -2.37. The van der Waals surface area contributed by atoms with Gasteiger partial charge in [-0.15, -0.1) is 0 Å². The van der Waals surface area contributed by atoms with E-state index in [9.17, 15) is 9.90 Å². The van der Waals surface area contributed by atoms with Gasteiger partial charge in [0.15, 0.2) is 5.11 Å². The Balaban J connectivity index is 1.43. The van der Waals surface area contributed by atoms with Gasteiger partial charge >= 0.3 is 5.97 Å². The number of carboxylic acid groups (broad SMARTS) is 1. The summed E-state index contributed by atoms with van der Waals surface area (Å²) < 4.78 is 2.16. The summed E-state index contributed by atoms with van der Waals surface area (Å²) in [5.74, 6) is 0.296. The Bertz CT molecular complexity index is 1660. The molecule has 6 rings (SSSR count). The number of benzene rings is 2. The Hall–Kier alpha value is -3.88. The molecule has 2 aromatic heterocycles. The van der Waals surface area contributed by atoms with Crippen LogP contribution in [0.25, 0.3) is 5.69 Å². The van der Waals surface area contributed by atoms with Crippen molar-refractivity contribution in [2.75, 3.05) is 22.9 Å². The Morgan fingerprint density at radius 1 is 1.00 bits per heavy atom. The third kappa shape index (κ3) is 5.50. The van der Waals surface area contributed by atoms with Crippen molar-refractivity contribution in [2.45, 2.75) is 46.2 Å². The summed E-state index contributed by atoms with van der Waals surface area (Å²) in [6.07, 6.45) is 3.04. The van der Waals surface area contributed by atoms with E-state index in [2.05, 4.69) is 65.6 Å². The van der Waals surface area contributed by atoms with Crippen LogP contribution in [0.1, 0.15) is 65.4 Å². The Morgan fingerprint density at radius 2 is 1.70 bits per heavy atom. The molecule has 0 aliphatic carbocycles. The highest BCUT2D eigenvalue weighted by molar-refractivity contribution is 7.80. The summed E-state index contributed by atoms with van der Waals surface area (Å²) in [4.78, 5) is 20.7. The van der Waals surface area contributed by atoms with E-state index in [0.29, 0.717) is 22.0 Å². The lowest BCUT2D eigenvalue weighted by atomic mass is 9.91. The molecule has 0 unspecified atom stereocenters. The summed E-state index contributed by atoms with van der Waals surface area (Å²) in [5, 5.41) is 14.3. The van der Waals surface area contributed by atoms with Gasteiger partial charge in [0.1, 0.15) is 0 Å². The van der Waals surface area contributed by atoms with Crippen LogP contribution < -0.4 is 15.1 Å². The van der Waals surface area contributed by atoms with Gasteiger partial charge in [0.2, 0.25) is 0 Å². The molecule has 0 saturated carbocycles. The zero-order valence-electron chi connectivity index (χ0n) is 24.8. The van der Waals surface area contributed by atoms with Crippen LogP contribution in [-0.2, 0) is 0 Å². The number of hydrogen-bond donors (Lipinski definition) is 2. The molecule has 0 spiro atoms. The van der Waals surface area contributed by atoms with Crippen LogP contribution in [0, 0.1) is 25.7 Å². The fourth-order valence-corrected chi connectivity index (χ4v) is 7.59. The number of carboxylic acids is 1. The Kier molecular flexibility index (Phi) is 7.92. The zero-order valence-corrected chi connectivity index (χ0v) is 26.4. The summed E-state index contributed by atoms with van der Waals surface area (Å²) in [6, 6.07) is 21.0. The maximum atomic E-state index is 11.4. The molecule has 0 amide bonds. The fourth-order valence-electron chi connectivity index (χ4n) is 6.95. The molecule has 2 N–H and O–H groups in total. The van der Waals surface area contributed by atoms with E-state index in [1.807, 2.05) is 36.4 Å². The number of piperidine rings is 1. The predicted molar refractivity (Wildman–Crippen MR) is 177 cm³/mol. The number of aromatic nitrogens is 2. The maximum Gasteiger partial charge on any atom is 0.335 e. The van der Waals surface area contributed by atoms with Gasteiger partial charge < -0.3 is 24.8 Å². The molecule has 0 radical (unpaired) electrons. The van der Waals surface area contributed by atoms with Crippen molar-refractivity contribution in [1.29, 1.82) is 0 Å². The Labute approximate surface area is 263 Å². The largest absolute Gasteiger partial charge is 0.478 e. The first-order valence-corrected chi connectivity index (χ1v) is 15.5. The third-order valence-corrected chi connectivity index (χ3v) is 9.30. The van der Waals surface area contributed by atoms with E-state index in [4.69, 9.17) is 28.8 Å². The number of nitrogens with one attached hydrogen (secondary N) is 1. The molecule has 2 aliphatic rings. The molecule has 222 valence electrons. The maximum absolute atomic E-state index is 11.4. The van der Waals surface area contributed by atoms with Crippen molar-refractivity contribution in [3.05, 3.63) is 106 Å². The molecule has 2 aromatic carbocycles. The number of aryl methyl sites for hydroxylation is 1. The molecule has 4 atom stereocenters. The second-order valence-electron chi connectivity index (χ2n) is 12.0. The van der Waals surface area contributed by atoms with E-state index >= 15 is 0 Å². The highest BCUT2D eigenvalue weighted by Crippen LogP contribution is 2.45. The molecule has 43 heavy (non-hydrogen) atoms. The van der Waals surface area contributed by atoms with Crippen LogP contribution in [0.15, 0.2) is 72.9 Å². The topological polar surface area (TPSA) is 73.6 Å². The fraction of sp³-hybridized carbons (Fsp3) is 0.324. The van der Waals surface area contributed by atoms with Gasteiger partial charge in [-0.2, -0.15) is 0 Å². The number of anilines is 2. The van der Waals surface area contributed by atoms with Crippen molar-refractivity contribution in [2.24, 2.45) is 11.8 Å². The van der Waals surface area contributed by atoms with E-state index in [0.717, 1.165) is 52.8 Å². The Morgan fingerprint density at radius 3 is 2.33 bits per heavy atom. The molecule has 2 saturated heterocycles.